The Hall–Kier alpha value is -1.59. The first-order chi connectivity index (χ1) is 8.22. The van der Waals surface area contributed by atoms with Crippen LogP contribution in [0.15, 0.2) is 24.3 Å². The molecule has 0 heterocycles. The zero-order valence-corrected chi connectivity index (χ0v) is 9.94. The summed E-state index contributed by atoms with van der Waals surface area (Å²) >= 11 is 0. The fourth-order valence-electron chi connectivity index (χ4n) is 1.31. The van der Waals surface area contributed by atoms with Crippen LogP contribution < -0.4 is 11.2 Å². The molecule has 0 unspecified atom stereocenters. The van der Waals surface area contributed by atoms with Gasteiger partial charge in [0.05, 0.1) is 13.2 Å². The largest absolute Gasteiger partial charge is 0.399 e. The Morgan fingerprint density at radius 2 is 2.24 bits per heavy atom. The molecule has 0 saturated heterocycles. The highest BCUT2D eigenvalue weighted by atomic mass is 16.7. The number of rotatable bonds is 7. The van der Waals surface area contributed by atoms with Gasteiger partial charge in [0.25, 0.3) is 0 Å². The molecule has 17 heavy (non-hydrogen) atoms. The van der Waals surface area contributed by atoms with E-state index in [0.717, 1.165) is 5.56 Å². The van der Waals surface area contributed by atoms with Crippen molar-refractivity contribution in [2.45, 2.75) is 12.8 Å². The molecule has 94 valence electrons. The number of hydrogen-bond acceptors (Lipinski definition) is 4. The van der Waals surface area contributed by atoms with E-state index in [4.69, 9.17) is 15.3 Å². The minimum absolute atomic E-state index is 0.150. The summed E-state index contributed by atoms with van der Waals surface area (Å²) in [6, 6.07) is 7.49. The molecule has 0 aliphatic heterocycles. The molecule has 1 rings (SSSR count). The average Bonchev–Trinajstić information content (AvgIpc) is 2.32. The fourth-order valence-corrected chi connectivity index (χ4v) is 1.31. The Morgan fingerprint density at radius 1 is 1.41 bits per heavy atom. The summed E-state index contributed by atoms with van der Waals surface area (Å²) in [4.78, 5) is 16.3. The highest BCUT2D eigenvalue weighted by Gasteiger charge is 2.02. The Balaban J connectivity index is 2.19. The molecule has 5 nitrogen and oxygen atoms in total. The maximum atomic E-state index is 11.4. The Bertz CT molecular complexity index is 355. The molecule has 5 heteroatoms. The molecule has 0 fully saturated rings. The number of hydrogen-bond donors (Lipinski definition) is 2. The second kappa shape index (κ2) is 7.65. The minimum Gasteiger partial charge on any atom is -0.399 e. The van der Waals surface area contributed by atoms with Gasteiger partial charge < -0.3 is 10.5 Å². The molecule has 0 atom stereocenters. The van der Waals surface area contributed by atoms with Gasteiger partial charge in [-0.2, -0.15) is 0 Å². The second-order valence-electron chi connectivity index (χ2n) is 3.61. The number of methoxy groups -OCH3 is 1. The van der Waals surface area contributed by atoms with Crippen molar-refractivity contribution in [2.24, 2.45) is 0 Å². The number of carbonyl (C=O) groups is 1. The van der Waals surface area contributed by atoms with E-state index in [1.807, 2.05) is 24.3 Å². The number of amides is 1. The molecule has 0 radical (unpaired) electrons. The molecule has 1 aromatic rings. The molecule has 3 N–H and O–H groups in total. The summed E-state index contributed by atoms with van der Waals surface area (Å²) in [5.74, 6) is -0.150. The molecule has 0 aliphatic carbocycles. The van der Waals surface area contributed by atoms with Gasteiger partial charge in [0.1, 0.15) is 0 Å². The van der Waals surface area contributed by atoms with Gasteiger partial charge in [0, 0.05) is 19.2 Å². The van der Waals surface area contributed by atoms with E-state index >= 15 is 0 Å². The molecule has 1 aromatic carbocycles. The van der Waals surface area contributed by atoms with E-state index in [0.29, 0.717) is 31.7 Å². The first-order valence-corrected chi connectivity index (χ1v) is 5.46. The molecule has 1 amide bonds. The summed E-state index contributed by atoms with van der Waals surface area (Å²) in [6.45, 7) is 0.802. The summed E-state index contributed by atoms with van der Waals surface area (Å²) < 4.78 is 4.78. The van der Waals surface area contributed by atoms with Crippen LogP contribution >= 0.6 is 0 Å². The lowest BCUT2D eigenvalue weighted by Crippen LogP contribution is -2.25. The van der Waals surface area contributed by atoms with Gasteiger partial charge in [-0.15, -0.1) is 0 Å². The molecule has 0 saturated carbocycles. The number of nitrogen functional groups attached to an aromatic ring is 1. The maximum absolute atomic E-state index is 11.4. The van der Waals surface area contributed by atoms with Crippen molar-refractivity contribution in [2.75, 3.05) is 26.1 Å². The number of nitrogens with two attached hydrogens (primary N) is 1. The van der Waals surface area contributed by atoms with Gasteiger partial charge in [0.15, 0.2) is 0 Å². The maximum Gasteiger partial charge on any atom is 0.243 e. The second-order valence-corrected chi connectivity index (χ2v) is 3.61. The number of nitrogens with one attached hydrogen (secondary N) is 1. The molecular formula is C12H18N2O3. The predicted octanol–water partition coefficient (Wildman–Crippen LogP) is 0.896. The lowest BCUT2D eigenvalue weighted by molar-refractivity contribution is -0.134. The molecular weight excluding hydrogens is 220 g/mol. The van der Waals surface area contributed by atoms with Crippen molar-refractivity contribution in [3.8, 4) is 0 Å². The lowest BCUT2D eigenvalue weighted by atomic mass is 10.1. The Labute approximate surface area is 101 Å². The van der Waals surface area contributed by atoms with Crippen molar-refractivity contribution in [3.63, 3.8) is 0 Å². The van der Waals surface area contributed by atoms with Crippen molar-refractivity contribution in [3.05, 3.63) is 29.8 Å². The Kier molecular flexibility index (Phi) is 6.06. The van der Waals surface area contributed by atoms with Crippen LogP contribution in [-0.2, 0) is 20.8 Å². The topological polar surface area (TPSA) is 73.6 Å². The van der Waals surface area contributed by atoms with Crippen LogP contribution in [0.3, 0.4) is 0 Å². The third-order valence-electron chi connectivity index (χ3n) is 2.17. The van der Waals surface area contributed by atoms with Crippen LogP contribution in [-0.4, -0.2) is 26.2 Å². The van der Waals surface area contributed by atoms with Gasteiger partial charge in [-0.25, -0.2) is 5.48 Å². The number of anilines is 1. The number of benzene rings is 1. The van der Waals surface area contributed by atoms with E-state index in [1.165, 1.54) is 0 Å². The zero-order chi connectivity index (χ0) is 12.5. The summed E-state index contributed by atoms with van der Waals surface area (Å²) in [7, 11) is 1.57. The molecule has 0 aliphatic rings. The zero-order valence-electron chi connectivity index (χ0n) is 9.94. The molecule has 0 spiro atoms. The Morgan fingerprint density at radius 3 is 2.94 bits per heavy atom. The van der Waals surface area contributed by atoms with Crippen LogP contribution in [0.25, 0.3) is 0 Å². The van der Waals surface area contributed by atoms with Crippen LogP contribution in [0.2, 0.25) is 0 Å². The SMILES string of the molecule is COCCONC(=O)CCc1cccc(N)c1. The van der Waals surface area contributed by atoms with Gasteiger partial charge in [0.2, 0.25) is 5.91 Å². The number of hydroxylamine groups is 1. The first-order valence-electron chi connectivity index (χ1n) is 5.46. The third kappa shape index (κ3) is 5.89. The van der Waals surface area contributed by atoms with Gasteiger partial charge in [-0.3, -0.25) is 9.63 Å². The molecule has 0 bridgehead atoms. The van der Waals surface area contributed by atoms with E-state index in [1.54, 1.807) is 7.11 Å². The van der Waals surface area contributed by atoms with Crippen molar-refractivity contribution in [1.82, 2.24) is 5.48 Å². The predicted molar refractivity (Wildman–Crippen MR) is 65.1 cm³/mol. The standard InChI is InChI=1S/C12H18N2O3/c1-16-7-8-17-14-12(15)6-5-10-3-2-4-11(13)9-10/h2-4,9H,5-8,13H2,1H3,(H,14,15). The third-order valence-corrected chi connectivity index (χ3v) is 2.17. The number of ether oxygens (including phenoxy) is 1. The van der Waals surface area contributed by atoms with E-state index in [9.17, 15) is 4.79 Å². The highest BCUT2D eigenvalue weighted by Crippen LogP contribution is 2.08. The van der Waals surface area contributed by atoms with Crippen molar-refractivity contribution in [1.29, 1.82) is 0 Å². The molecule has 0 aromatic heterocycles. The normalized spacial score (nSPS) is 10.2. The summed E-state index contributed by atoms with van der Waals surface area (Å²) in [6.07, 6.45) is 1.01. The summed E-state index contributed by atoms with van der Waals surface area (Å²) in [5, 5.41) is 0. The first kappa shape index (κ1) is 13.5. The summed E-state index contributed by atoms with van der Waals surface area (Å²) in [5.41, 5.74) is 9.74. The highest BCUT2D eigenvalue weighted by molar-refractivity contribution is 5.75. The van der Waals surface area contributed by atoms with E-state index in [-0.39, 0.29) is 5.91 Å². The van der Waals surface area contributed by atoms with Crippen molar-refractivity contribution >= 4 is 11.6 Å². The number of carbonyl (C=O) groups excluding carboxylic acids is 1. The lowest BCUT2D eigenvalue weighted by Gasteiger charge is -2.05. The van der Waals surface area contributed by atoms with E-state index in [2.05, 4.69) is 5.48 Å². The van der Waals surface area contributed by atoms with Crippen LogP contribution in [0, 0.1) is 0 Å². The van der Waals surface area contributed by atoms with Crippen molar-refractivity contribution < 1.29 is 14.4 Å². The monoisotopic (exact) mass is 238 g/mol. The fraction of sp³-hybridized carbons (Fsp3) is 0.417. The van der Waals surface area contributed by atoms with E-state index < -0.39 is 0 Å². The number of aryl methyl sites for hydroxylation is 1. The quantitative estimate of drug-likeness (QED) is 0.420. The van der Waals surface area contributed by atoms with Crippen LogP contribution in [0.4, 0.5) is 5.69 Å². The van der Waals surface area contributed by atoms with Crippen LogP contribution in [0.5, 0.6) is 0 Å². The average molecular weight is 238 g/mol. The minimum atomic E-state index is -0.150. The van der Waals surface area contributed by atoms with Gasteiger partial charge >= 0.3 is 0 Å². The van der Waals surface area contributed by atoms with Crippen LogP contribution in [0.1, 0.15) is 12.0 Å². The smallest absolute Gasteiger partial charge is 0.243 e. The van der Waals surface area contributed by atoms with Gasteiger partial charge in [-0.05, 0) is 24.1 Å². The van der Waals surface area contributed by atoms with Gasteiger partial charge in [-0.1, -0.05) is 12.1 Å².